The van der Waals surface area contributed by atoms with Crippen molar-refractivity contribution in [2.75, 3.05) is 19.7 Å². The first-order valence-electron chi connectivity index (χ1n) is 7.78. The van der Waals surface area contributed by atoms with Crippen molar-refractivity contribution in [2.45, 2.75) is 13.3 Å². The largest absolute Gasteiger partial charge is 0.395 e. The van der Waals surface area contributed by atoms with Gasteiger partial charge < -0.3 is 10.4 Å². The van der Waals surface area contributed by atoms with Gasteiger partial charge in [0.1, 0.15) is 5.69 Å². The second-order valence-electron chi connectivity index (χ2n) is 5.44. The van der Waals surface area contributed by atoms with Gasteiger partial charge in [-0.2, -0.15) is 5.11 Å². The maximum Gasteiger partial charge on any atom is 0.271 e. The molecule has 0 heterocycles. The number of hydrogen-bond acceptors (Lipinski definition) is 6. The van der Waals surface area contributed by atoms with E-state index < -0.39 is 4.92 Å². The Hall–Kier alpha value is -2.35. The number of aryl methyl sites for hydroxylation is 1. The average Bonchev–Trinajstić information content (AvgIpc) is 2.58. The SMILES string of the molecule is Cc1cc(CCNCCO)ccc1N=Nc1ccc([N+](=O)[O-])cc1Cl. The topological polar surface area (TPSA) is 100 Å². The lowest BCUT2D eigenvalue weighted by Crippen LogP contribution is -2.20. The molecule has 2 N–H and O–H groups in total. The zero-order chi connectivity index (χ0) is 18.2. The Morgan fingerprint density at radius 2 is 1.88 bits per heavy atom. The van der Waals surface area contributed by atoms with Crippen LogP contribution < -0.4 is 5.32 Å². The minimum Gasteiger partial charge on any atom is -0.395 e. The van der Waals surface area contributed by atoms with Crippen LogP contribution in [0.5, 0.6) is 0 Å². The van der Waals surface area contributed by atoms with Gasteiger partial charge in [0.05, 0.1) is 22.2 Å². The molecule has 0 spiro atoms. The summed E-state index contributed by atoms with van der Waals surface area (Å²) in [6, 6.07) is 9.95. The van der Waals surface area contributed by atoms with Crippen LogP contribution in [0.1, 0.15) is 11.1 Å². The number of rotatable bonds is 8. The number of hydrogen-bond donors (Lipinski definition) is 2. The Morgan fingerprint density at radius 1 is 1.16 bits per heavy atom. The summed E-state index contributed by atoms with van der Waals surface area (Å²) in [6.45, 7) is 3.44. The number of non-ortho nitro benzene ring substituents is 1. The number of azo groups is 1. The molecule has 132 valence electrons. The molecular weight excluding hydrogens is 344 g/mol. The number of aliphatic hydroxyl groups excluding tert-OH is 1. The zero-order valence-electron chi connectivity index (χ0n) is 13.8. The minimum atomic E-state index is -0.509. The van der Waals surface area contributed by atoms with Gasteiger partial charge in [0.2, 0.25) is 0 Å². The van der Waals surface area contributed by atoms with Crippen LogP contribution >= 0.6 is 11.6 Å². The van der Waals surface area contributed by atoms with Crippen molar-refractivity contribution in [3.05, 3.63) is 62.7 Å². The molecule has 25 heavy (non-hydrogen) atoms. The van der Waals surface area contributed by atoms with Gasteiger partial charge in [-0.05, 0) is 43.1 Å². The second-order valence-corrected chi connectivity index (χ2v) is 5.84. The third-order valence-corrected chi connectivity index (χ3v) is 3.85. The number of aliphatic hydroxyl groups is 1. The van der Waals surface area contributed by atoms with Gasteiger partial charge in [-0.3, -0.25) is 10.1 Å². The summed E-state index contributed by atoms with van der Waals surface area (Å²) in [5.74, 6) is 0. The highest BCUT2D eigenvalue weighted by molar-refractivity contribution is 6.33. The lowest BCUT2D eigenvalue weighted by molar-refractivity contribution is -0.384. The van der Waals surface area contributed by atoms with Crippen molar-refractivity contribution in [1.29, 1.82) is 0 Å². The van der Waals surface area contributed by atoms with Gasteiger partial charge in [-0.1, -0.05) is 23.7 Å². The molecule has 0 bridgehead atoms. The molecule has 0 saturated carbocycles. The standard InChI is InChI=1S/C17H19ClN4O3/c1-12-10-13(6-7-19-8-9-23)2-4-16(12)20-21-17-5-3-14(22(24)25)11-15(17)18/h2-5,10-11,19,23H,6-9H2,1H3. The summed E-state index contributed by atoms with van der Waals surface area (Å²) in [5, 5.41) is 31.0. The highest BCUT2D eigenvalue weighted by Crippen LogP contribution is 2.31. The fraction of sp³-hybridized carbons (Fsp3) is 0.294. The molecule has 0 saturated heterocycles. The van der Waals surface area contributed by atoms with Crippen LogP contribution in [0.15, 0.2) is 46.6 Å². The lowest BCUT2D eigenvalue weighted by Gasteiger charge is -2.06. The molecule has 2 aromatic carbocycles. The molecule has 2 rings (SSSR count). The first-order chi connectivity index (χ1) is 12.0. The molecule has 8 heteroatoms. The normalized spacial score (nSPS) is 11.2. The van der Waals surface area contributed by atoms with E-state index in [1.54, 1.807) is 0 Å². The van der Waals surface area contributed by atoms with Gasteiger partial charge in [-0.15, -0.1) is 5.11 Å². The number of nitrogens with zero attached hydrogens (tertiary/aromatic N) is 3. The van der Waals surface area contributed by atoms with Crippen molar-refractivity contribution in [1.82, 2.24) is 5.32 Å². The number of halogens is 1. The summed E-state index contributed by atoms with van der Waals surface area (Å²) < 4.78 is 0. The van der Waals surface area contributed by atoms with Gasteiger partial charge in [0.15, 0.2) is 0 Å². The van der Waals surface area contributed by atoms with Crippen LogP contribution in [0.3, 0.4) is 0 Å². The highest BCUT2D eigenvalue weighted by atomic mass is 35.5. The third-order valence-electron chi connectivity index (χ3n) is 3.55. The van der Waals surface area contributed by atoms with Gasteiger partial charge in [0.25, 0.3) is 5.69 Å². The number of benzene rings is 2. The van der Waals surface area contributed by atoms with Crippen LogP contribution in [-0.2, 0) is 6.42 Å². The third kappa shape index (κ3) is 5.60. The van der Waals surface area contributed by atoms with Crippen molar-refractivity contribution in [3.8, 4) is 0 Å². The number of nitrogens with one attached hydrogen (secondary N) is 1. The van der Waals surface area contributed by atoms with E-state index in [9.17, 15) is 10.1 Å². The Kier molecular flexibility index (Phi) is 7.00. The van der Waals surface area contributed by atoms with Crippen LogP contribution in [0.4, 0.5) is 17.1 Å². The zero-order valence-corrected chi connectivity index (χ0v) is 14.5. The maximum absolute atomic E-state index is 10.7. The van der Waals surface area contributed by atoms with Crippen LogP contribution in [0, 0.1) is 17.0 Å². The lowest BCUT2D eigenvalue weighted by atomic mass is 10.1. The van der Waals surface area contributed by atoms with Crippen molar-refractivity contribution in [2.24, 2.45) is 10.2 Å². The van der Waals surface area contributed by atoms with E-state index in [1.807, 2.05) is 25.1 Å². The summed E-state index contributed by atoms with van der Waals surface area (Å²) >= 11 is 6.00. The van der Waals surface area contributed by atoms with Crippen molar-refractivity contribution < 1.29 is 10.0 Å². The molecular formula is C17H19ClN4O3. The summed E-state index contributed by atoms with van der Waals surface area (Å²) in [5.41, 5.74) is 3.14. The van der Waals surface area contributed by atoms with Gasteiger partial charge >= 0.3 is 0 Å². The van der Waals surface area contributed by atoms with E-state index in [1.165, 1.54) is 18.2 Å². The molecule has 0 radical (unpaired) electrons. The summed E-state index contributed by atoms with van der Waals surface area (Å²) in [7, 11) is 0. The fourth-order valence-corrected chi connectivity index (χ4v) is 2.43. The molecule has 0 aromatic heterocycles. The Labute approximate surface area is 150 Å². The second kappa shape index (κ2) is 9.22. The minimum absolute atomic E-state index is 0.0840. The average molecular weight is 363 g/mol. The quantitative estimate of drug-likeness (QED) is 0.319. The highest BCUT2D eigenvalue weighted by Gasteiger charge is 2.09. The van der Waals surface area contributed by atoms with Crippen LogP contribution in [-0.4, -0.2) is 29.7 Å². The van der Waals surface area contributed by atoms with E-state index in [2.05, 4.69) is 15.5 Å². The van der Waals surface area contributed by atoms with E-state index in [0.717, 1.165) is 24.1 Å². The first kappa shape index (κ1) is 19.0. The van der Waals surface area contributed by atoms with E-state index in [4.69, 9.17) is 16.7 Å². The molecule has 0 fully saturated rings. The number of nitro groups is 1. The maximum atomic E-state index is 10.7. The van der Waals surface area contributed by atoms with Gasteiger partial charge in [0, 0.05) is 18.7 Å². The number of nitro benzene ring substituents is 1. The predicted octanol–water partition coefficient (Wildman–Crippen LogP) is 4.10. The molecule has 7 nitrogen and oxygen atoms in total. The Bertz CT molecular complexity index is 780. The monoisotopic (exact) mass is 362 g/mol. The molecule has 0 atom stereocenters. The summed E-state index contributed by atoms with van der Waals surface area (Å²) in [4.78, 5) is 10.2. The van der Waals surface area contributed by atoms with Crippen LogP contribution in [0.25, 0.3) is 0 Å². The Morgan fingerprint density at radius 3 is 2.52 bits per heavy atom. The molecule has 0 aliphatic heterocycles. The molecule has 0 aliphatic carbocycles. The first-order valence-corrected chi connectivity index (χ1v) is 8.16. The van der Waals surface area contributed by atoms with Crippen molar-refractivity contribution >= 4 is 28.7 Å². The van der Waals surface area contributed by atoms with E-state index in [-0.39, 0.29) is 17.3 Å². The summed E-state index contributed by atoms with van der Waals surface area (Å²) in [6.07, 6.45) is 0.854. The Balaban J connectivity index is 2.07. The van der Waals surface area contributed by atoms with E-state index in [0.29, 0.717) is 17.9 Å². The molecule has 0 aliphatic rings. The molecule has 0 amide bonds. The van der Waals surface area contributed by atoms with Crippen molar-refractivity contribution in [3.63, 3.8) is 0 Å². The van der Waals surface area contributed by atoms with Crippen LogP contribution in [0.2, 0.25) is 5.02 Å². The smallest absolute Gasteiger partial charge is 0.271 e. The fourth-order valence-electron chi connectivity index (χ4n) is 2.22. The van der Waals surface area contributed by atoms with E-state index >= 15 is 0 Å². The molecule has 2 aromatic rings. The van der Waals surface area contributed by atoms with Gasteiger partial charge in [-0.25, -0.2) is 0 Å². The predicted molar refractivity (Wildman–Crippen MR) is 97.1 cm³/mol. The molecule has 0 unspecified atom stereocenters.